The van der Waals surface area contributed by atoms with Crippen LogP contribution in [0.15, 0.2) is 36.4 Å². The molecule has 4 rings (SSSR count). The van der Waals surface area contributed by atoms with E-state index in [2.05, 4.69) is 24.3 Å². The lowest BCUT2D eigenvalue weighted by molar-refractivity contribution is 0.181. The number of fused-ring (bicyclic) bond motifs is 1. The molecule has 92 valence electrons. The molecule has 0 saturated carbocycles. The van der Waals surface area contributed by atoms with E-state index in [1.807, 2.05) is 12.1 Å². The zero-order valence-electron chi connectivity index (χ0n) is 9.96. The molecule has 0 aromatic heterocycles. The Morgan fingerprint density at radius 2 is 1.78 bits per heavy atom. The van der Waals surface area contributed by atoms with E-state index in [0.717, 1.165) is 24.2 Å². The lowest BCUT2D eigenvalue weighted by Gasteiger charge is -2.10. The number of epoxide rings is 2. The number of benzene rings is 2. The van der Waals surface area contributed by atoms with Gasteiger partial charge in [0.25, 0.3) is 0 Å². The van der Waals surface area contributed by atoms with Crippen LogP contribution in [-0.4, -0.2) is 25.6 Å². The normalized spacial score (nSPS) is 25.1. The van der Waals surface area contributed by atoms with Crippen molar-refractivity contribution in [2.45, 2.75) is 18.8 Å². The van der Waals surface area contributed by atoms with Crippen molar-refractivity contribution >= 4 is 10.8 Å². The fraction of sp³-hybridized carbons (Fsp3) is 0.333. The van der Waals surface area contributed by atoms with Gasteiger partial charge in [-0.25, -0.2) is 0 Å². The topological polar surface area (TPSA) is 34.3 Å². The van der Waals surface area contributed by atoms with Gasteiger partial charge < -0.3 is 14.2 Å². The highest BCUT2D eigenvalue weighted by Crippen LogP contribution is 2.31. The predicted molar refractivity (Wildman–Crippen MR) is 67.8 cm³/mol. The van der Waals surface area contributed by atoms with E-state index < -0.39 is 0 Å². The molecule has 3 heteroatoms. The van der Waals surface area contributed by atoms with Crippen molar-refractivity contribution in [3.63, 3.8) is 0 Å². The first kappa shape index (κ1) is 10.4. The monoisotopic (exact) mass is 242 g/mol. The van der Waals surface area contributed by atoms with E-state index in [9.17, 15) is 0 Å². The Kier molecular flexibility index (Phi) is 2.28. The first-order chi connectivity index (χ1) is 8.90. The van der Waals surface area contributed by atoms with Crippen molar-refractivity contribution in [3.8, 4) is 5.75 Å². The maximum absolute atomic E-state index is 5.76. The minimum Gasteiger partial charge on any atom is -0.462 e. The highest BCUT2D eigenvalue weighted by molar-refractivity contribution is 5.91. The molecule has 2 unspecified atom stereocenters. The first-order valence-corrected chi connectivity index (χ1v) is 6.30. The van der Waals surface area contributed by atoms with Crippen molar-refractivity contribution in [2.24, 2.45) is 0 Å². The molecule has 2 fully saturated rings. The molecule has 3 nitrogen and oxygen atoms in total. The summed E-state index contributed by atoms with van der Waals surface area (Å²) in [6.45, 7) is 1.59. The third-order valence-corrected chi connectivity index (χ3v) is 3.38. The molecule has 0 radical (unpaired) electrons. The van der Waals surface area contributed by atoms with Gasteiger partial charge in [0.1, 0.15) is 12.4 Å². The molecule has 18 heavy (non-hydrogen) atoms. The summed E-state index contributed by atoms with van der Waals surface area (Å²) in [4.78, 5) is 0. The van der Waals surface area contributed by atoms with Gasteiger partial charge in [-0.2, -0.15) is 0 Å². The van der Waals surface area contributed by atoms with E-state index in [0.29, 0.717) is 12.7 Å². The Balaban J connectivity index is 1.77. The van der Waals surface area contributed by atoms with Crippen LogP contribution >= 0.6 is 0 Å². The van der Waals surface area contributed by atoms with Crippen molar-refractivity contribution < 1.29 is 14.2 Å². The highest BCUT2D eigenvalue weighted by atomic mass is 16.8. The summed E-state index contributed by atoms with van der Waals surface area (Å²) in [5.41, 5.74) is 1.33. The molecule has 0 spiro atoms. The van der Waals surface area contributed by atoms with E-state index in [-0.39, 0.29) is 6.29 Å². The van der Waals surface area contributed by atoms with Crippen molar-refractivity contribution in [3.05, 3.63) is 42.0 Å². The molecule has 2 heterocycles. The van der Waals surface area contributed by atoms with E-state index in [1.54, 1.807) is 0 Å². The highest BCUT2D eigenvalue weighted by Gasteiger charge is 2.26. The van der Waals surface area contributed by atoms with Crippen LogP contribution < -0.4 is 4.74 Å². The van der Waals surface area contributed by atoms with Crippen LogP contribution in [0.3, 0.4) is 0 Å². The van der Waals surface area contributed by atoms with Crippen molar-refractivity contribution in [1.82, 2.24) is 0 Å². The Morgan fingerprint density at radius 3 is 2.56 bits per heavy atom. The Hall–Kier alpha value is -1.58. The number of hydrogen-bond donors (Lipinski definition) is 0. The first-order valence-electron chi connectivity index (χ1n) is 6.30. The van der Waals surface area contributed by atoms with Crippen LogP contribution in [0.5, 0.6) is 5.75 Å². The molecule has 0 N–H and O–H groups in total. The second-order valence-electron chi connectivity index (χ2n) is 4.81. The summed E-state index contributed by atoms with van der Waals surface area (Å²) in [6.07, 6.45) is 1.35. The van der Waals surface area contributed by atoms with Crippen molar-refractivity contribution in [2.75, 3.05) is 13.2 Å². The summed E-state index contributed by atoms with van der Waals surface area (Å²) in [5, 5.41) is 2.41. The quantitative estimate of drug-likeness (QED) is 0.773. The van der Waals surface area contributed by atoms with Gasteiger partial charge in [-0.05, 0) is 17.0 Å². The fourth-order valence-corrected chi connectivity index (χ4v) is 2.31. The molecule has 2 aliphatic heterocycles. The summed E-state index contributed by atoms with van der Waals surface area (Å²) >= 11 is 0. The van der Waals surface area contributed by atoms with Gasteiger partial charge in [-0.3, -0.25) is 0 Å². The van der Waals surface area contributed by atoms with Crippen molar-refractivity contribution in [1.29, 1.82) is 0 Å². The molecule has 2 aromatic rings. The number of hydrogen-bond acceptors (Lipinski definition) is 3. The molecular weight excluding hydrogens is 228 g/mol. The van der Waals surface area contributed by atoms with Gasteiger partial charge >= 0.3 is 0 Å². The van der Waals surface area contributed by atoms with Gasteiger partial charge in [0.15, 0.2) is 0 Å². The molecule has 2 aliphatic rings. The van der Waals surface area contributed by atoms with E-state index in [4.69, 9.17) is 14.2 Å². The van der Waals surface area contributed by atoms with Gasteiger partial charge in [-0.1, -0.05) is 30.3 Å². The van der Waals surface area contributed by atoms with Gasteiger partial charge in [0, 0.05) is 11.8 Å². The third kappa shape index (κ3) is 1.96. The minimum absolute atomic E-state index is 0.0500. The number of ether oxygens (including phenoxy) is 3. The Morgan fingerprint density at radius 1 is 1.00 bits per heavy atom. The average Bonchev–Trinajstić information content (AvgIpc) is 3.25. The van der Waals surface area contributed by atoms with Crippen LogP contribution in [0.2, 0.25) is 0 Å². The van der Waals surface area contributed by atoms with Crippen LogP contribution in [0, 0.1) is 0 Å². The van der Waals surface area contributed by atoms with Crippen LogP contribution in [0.4, 0.5) is 0 Å². The van der Waals surface area contributed by atoms with Gasteiger partial charge in [-0.15, -0.1) is 0 Å². The van der Waals surface area contributed by atoms with Gasteiger partial charge in [0.05, 0.1) is 12.7 Å². The maximum atomic E-state index is 5.76. The zero-order valence-corrected chi connectivity index (χ0v) is 9.96. The minimum atomic E-state index is -0.0500. The Bertz CT molecular complexity index is 532. The largest absolute Gasteiger partial charge is 0.462 e. The molecule has 2 saturated heterocycles. The summed E-state index contributed by atoms with van der Waals surface area (Å²) in [7, 11) is 0. The summed E-state index contributed by atoms with van der Waals surface area (Å²) in [6, 6.07) is 12.5. The molecule has 2 aromatic carbocycles. The van der Waals surface area contributed by atoms with Gasteiger partial charge in [0.2, 0.25) is 6.29 Å². The molecule has 0 bridgehead atoms. The lowest BCUT2D eigenvalue weighted by atomic mass is 10.0. The zero-order chi connectivity index (χ0) is 11.9. The summed E-state index contributed by atoms with van der Waals surface area (Å²) in [5.74, 6) is 0.911. The standard InChI is InChI=1S/C15H14O3/c1-3-10(7-11-8-16-11)12-4-2-6-14(13(12)5-1)18-15-9-17-15/h1-6,11,15H,7-9H2. The van der Waals surface area contributed by atoms with Crippen LogP contribution in [0.1, 0.15) is 5.56 Å². The van der Waals surface area contributed by atoms with E-state index in [1.165, 1.54) is 10.9 Å². The number of rotatable bonds is 4. The molecule has 0 amide bonds. The summed E-state index contributed by atoms with van der Waals surface area (Å²) < 4.78 is 16.2. The van der Waals surface area contributed by atoms with Crippen LogP contribution in [-0.2, 0) is 15.9 Å². The Labute approximate surface area is 105 Å². The fourth-order valence-electron chi connectivity index (χ4n) is 2.31. The smallest absolute Gasteiger partial charge is 0.223 e. The molecular formula is C15H14O3. The SMILES string of the molecule is c1cc(OC2CO2)c2cccc(CC3CO3)c2c1. The third-order valence-electron chi connectivity index (χ3n) is 3.38. The van der Waals surface area contributed by atoms with Crippen LogP contribution in [0.25, 0.3) is 10.8 Å². The molecule has 2 atom stereocenters. The average molecular weight is 242 g/mol. The second-order valence-corrected chi connectivity index (χ2v) is 4.81. The predicted octanol–water partition coefficient (Wildman–Crippen LogP) is 2.52. The maximum Gasteiger partial charge on any atom is 0.223 e. The lowest BCUT2D eigenvalue weighted by Crippen LogP contribution is -1.99. The molecule has 0 aliphatic carbocycles. The second kappa shape index (κ2) is 3.97. The van der Waals surface area contributed by atoms with E-state index >= 15 is 0 Å².